The average molecular weight is 282 g/mol. The Morgan fingerprint density at radius 2 is 1.80 bits per heavy atom. The van der Waals surface area contributed by atoms with E-state index in [1.165, 1.54) is 0 Å². The van der Waals surface area contributed by atoms with Crippen LogP contribution in [0.4, 0.5) is 0 Å². The number of allylic oxidation sites excluding steroid dienone is 2. The van der Waals surface area contributed by atoms with Gasteiger partial charge in [0.2, 0.25) is 5.78 Å². The molecule has 3 rings (SSSR count). The van der Waals surface area contributed by atoms with Crippen LogP contribution in [0.25, 0.3) is 5.57 Å². The summed E-state index contributed by atoms with van der Waals surface area (Å²) in [6, 6.07) is 15.8. The van der Waals surface area contributed by atoms with Crippen molar-refractivity contribution in [1.82, 2.24) is 0 Å². The third-order valence-corrected chi connectivity index (χ3v) is 3.36. The van der Waals surface area contributed by atoms with Gasteiger partial charge in [0.1, 0.15) is 17.4 Å². The number of fused-ring (bicyclic) bond motifs is 1. The topological polar surface area (TPSA) is 50.1 Å². The van der Waals surface area contributed by atoms with Crippen LogP contribution in [0.3, 0.4) is 0 Å². The highest BCUT2D eigenvalue weighted by atomic mass is 35.5. The lowest BCUT2D eigenvalue weighted by Gasteiger charge is -2.05. The molecule has 0 fully saturated rings. The van der Waals surface area contributed by atoms with Crippen LogP contribution in [0.1, 0.15) is 15.9 Å². The Hall–Kier alpha value is -2.57. The second-order valence-electron chi connectivity index (χ2n) is 4.22. The van der Waals surface area contributed by atoms with Gasteiger partial charge in [-0.25, -0.2) is 0 Å². The maximum absolute atomic E-state index is 12.3. The number of ketones is 1. The van der Waals surface area contributed by atoms with Gasteiger partial charge in [0.05, 0.1) is 5.56 Å². The second kappa shape index (κ2) is 4.84. The quantitative estimate of drug-likeness (QED) is 0.589. The van der Waals surface area contributed by atoms with Crippen molar-refractivity contribution in [1.29, 1.82) is 5.26 Å². The Balaban J connectivity index is 2.19. The summed E-state index contributed by atoms with van der Waals surface area (Å²) in [6.07, 6.45) is 0. The minimum atomic E-state index is -0.294. The van der Waals surface area contributed by atoms with Crippen molar-refractivity contribution in [3.05, 3.63) is 70.4 Å². The fraction of sp³-hybridized carbons (Fsp3) is 0. The van der Waals surface area contributed by atoms with Crippen molar-refractivity contribution >= 4 is 23.0 Å². The zero-order chi connectivity index (χ0) is 14.1. The van der Waals surface area contributed by atoms with E-state index in [2.05, 4.69) is 0 Å². The van der Waals surface area contributed by atoms with E-state index in [-0.39, 0.29) is 17.1 Å². The molecule has 0 bridgehead atoms. The highest BCUT2D eigenvalue weighted by Crippen LogP contribution is 2.35. The van der Waals surface area contributed by atoms with E-state index in [1.807, 2.05) is 6.07 Å². The van der Waals surface area contributed by atoms with Crippen LogP contribution in [0.15, 0.2) is 54.3 Å². The Kier molecular flexibility index (Phi) is 3.02. The van der Waals surface area contributed by atoms with Gasteiger partial charge in [-0.3, -0.25) is 4.79 Å². The fourth-order valence-electron chi connectivity index (χ4n) is 2.08. The number of carbonyl (C=O) groups is 1. The minimum absolute atomic E-state index is 0.0294. The Morgan fingerprint density at radius 1 is 1.10 bits per heavy atom. The molecule has 0 aliphatic carbocycles. The van der Waals surface area contributed by atoms with E-state index in [1.54, 1.807) is 48.5 Å². The first-order chi connectivity index (χ1) is 9.72. The molecule has 0 saturated carbocycles. The smallest absolute Gasteiger partial charge is 0.233 e. The van der Waals surface area contributed by atoms with E-state index >= 15 is 0 Å². The number of halogens is 1. The van der Waals surface area contributed by atoms with E-state index in [9.17, 15) is 10.1 Å². The van der Waals surface area contributed by atoms with Crippen LogP contribution in [-0.4, -0.2) is 5.78 Å². The first-order valence-corrected chi connectivity index (χ1v) is 6.31. The maximum atomic E-state index is 12.3. The molecular weight excluding hydrogens is 274 g/mol. The fourth-order valence-corrected chi connectivity index (χ4v) is 2.31. The Labute approximate surface area is 120 Å². The van der Waals surface area contributed by atoms with Gasteiger partial charge in [-0.2, -0.15) is 5.26 Å². The zero-order valence-corrected chi connectivity index (χ0v) is 11.0. The van der Waals surface area contributed by atoms with Crippen LogP contribution >= 0.6 is 11.6 Å². The highest BCUT2D eigenvalue weighted by Gasteiger charge is 2.31. The number of Topliss-reactive ketones (excluding diaryl/α,β-unsaturated/α-hetero) is 1. The molecule has 1 heterocycles. The zero-order valence-electron chi connectivity index (χ0n) is 10.3. The van der Waals surface area contributed by atoms with Crippen molar-refractivity contribution in [2.24, 2.45) is 0 Å². The normalized spacial score (nSPS) is 15.3. The molecule has 1 aliphatic heterocycles. The summed E-state index contributed by atoms with van der Waals surface area (Å²) in [5.41, 5.74) is 1.10. The summed E-state index contributed by atoms with van der Waals surface area (Å²) in [7, 11) is 0. The van der Waals surface area contributed by atoms with Gasteiger partial charge in [0.15, 0.2) is 5.76 Å². The van der Waals surface area contributed by atoms with Crippen molar-refractivity contribution < 1.29 is 9.53 Å². The molecule has 0 atom stereocenters. The second-order valence-corrected chi connectivity index (χ2v) is 4.63. The molecule has 20 heavy (non-hydrogen) atoms. The molecule has 0 N–H and O–H groups in total. The van der Waals surface area contributed by atoms with E-state index in [0.29, 0.717) is 21.9 Å². The van der Waals surface area contributed by atoms with Crippen molar-refractivity contribution in [2.75, 3.05) is 0 Å². The average Bonchev–Trinajstić information content (AvgIpc) is 2.80. The van der Waals surface area contributed by atoms with E-state index in [4.69, 9.17) is 16.3 Å². The Morgan fingerprint density at radius 3 is 2.50 bits per heavy atom. The van der Waals surface area contributed by atoms with Gasteiger partial charge < -0.3 is 4.74 Å². The number of rotatable bonds is 1. The number of benzene rings is 2. The number of carbonyl (C=O) groups excluding carboxylic acids is 1. The van der Waals surface area contributed by atoms with Crippen LogP contribution in [-0.2, 0) is 0 Å². The highest BCUT2D eigenvalue weighted by molar-refractivity contribution is 6.33. The molecule has 96 valence electrons. The Bertz CT molecular complexity index is 787. The van der Waals surface area contributed by atoms with Crippen LogP contribution in [0.2, 0.25) is 5.02 Å². The van der Waals surface area contributed by atoms with Crippen molar-refractivity contribution in [2.45, 2.75) is 0 Å². The molecule has 0 amide bonds. The molecular formula is C16H8ClNO2. The predicted molar refractivity (Wildman–Crippen MR) is 75.4 cm³/mol. The standard InChI is InChI=1S/C16H8ClNO2/c17-13-7-3-1-5-10(13)12(9-18)16-15(19)11-6-2-4-8-14(11)20-16/h1-8H/b16-12-. The van der Waals surface area contributed by atoms with Gasteiger partial charge in [-0.1, -0.05) is 41.9 Å². The predicted octanol–water partition coefficient (Wildman–Crippen LogP) is 3.85. The van der Waals surface area contributed by atoms with Crippen molar-refractivity contribution in [3.63, 3.8) is 0 Å². The van der Waals surface area contributed by atoms with Gasteiger partial charge in [-0.05, 0) is 18.2 Å². The molecule has 0 radical (unpaired) electrons. The van der Waals surface area contributed by atoms with Gasteiger partial charge >= 0.3 is 0 Å². The molecule has 3 nitrogen and oxygen atoms in total. The first-order valence-electron chi connectivity index (χ1n) is 5.93. The molecule has 0 spiro atoms. The summed E-state index contributed by atoms with van der Waals surface area (Å²) in [6.45, 7) is 0. The number of nitrogens with zero attached hydrogens (tertiary/aromatic N) is 1. The molecule has 0 unspecified atom stereocenters. The minimum Gasteiger partial charge on any atom is -0.451 e. The van der Waals surface area contributed by atoms with Crippen LogP contribution < -0.4 is 4.74 Å². The SMILES string of the molecule is N#C/C(=C1/Oc2ccccc2C1=O)c1ccccc1Cl. The number of hydrogen-bond donors (Lipinski definition) is 0. The lowest BCUT2D eigenvalue weighted by atomic mass is 10.0. The van der Waals surface area contributed by atoms with Gasteiger partial charge in [0, 0.05) is 10.6 Å². The van der Waals surface area contributed by atoms with Crippen molar-refractivity contribution in [3.8, 4) is 11.8 Å². The number of hydrogen-bond acceptors (Lipinski definition) is 3. The third-order valence-electron chi connectivity index (χ3n) is 3.03. The largest absolute Gasteiger partial charge is 0.451 e. The third kappa shape index (κ3) is 1.87. The molecule has 4 heteroatoms. The van der Waals surface area contributed by atoms with Crippen LogP contribution in [0.5, 0.6) is 5.75 Å². The molecule has 2 aromatic rings. The number of para-hydroxylation sites is 1. The molecule has 0 aromatic heterocycles. The molecule has 1 aliphatic rings. The lowest BCUT2D eigenvalue weighted by Crippen LogP contribution is -2.03. The molecule has 0 saturated heterocycles. The monoisotopic (exact) mass is 281 g/mol. The summed E-state index contributed by atoms with van der Waals surface area (Å²) < 4.78 is 5.53. The van der Waals surface area contributed by atoms with E-state index < -0.39 is 0 Å². The first kappa shape index (κ1) is 12.5. The lowest BCUT2D eigenvalue weighted by molar-refractivity contribution is 0.101. The van der Waals surface area contributed by atoms with E-state index in [0.717, 1.165) is 0 Å². The summed E-state index contributed by atoms with van der Waals surface area (Å²) in [5.74, 6) is 0.200. The number of nitriles is 1. The van der Waals surface area contributed by atoms with Gasteiger partial charge in [0.25, 0.3) is 0 Å². The summed E-state index contributed by atoms with van der Waals surface area (Å²) >= 11 is 6.08. The van der Waals surface area contributed by atoms with Crippen LogP contribution in [0, 0.1) is 11.3 Å². The number of ether oxygens (including phenoxy) is 1. The van der Waals surface area contributed by atoms with Gasteiger partial charge in [-0.15, -0.1) is 0 Å². The maximum Gasteiger partial charge on any atom is 0.233 e. The summed E-state index contributed by atoms with van der Waals surface area (Å²) in [5, 5.41) is 9.77. The molecule has 2 aromatic carbocycles. The summed E-state index contributed by atoms with van der Waals surface area (Å²) in [4.78, 5) is 12.3.